The van der Waals surface area contributed by atoms with Crippen molar-refractivity contribution in [3.8, 4) is 0 Å². The lowest BCUT2D eigenvalue weighted by atomic mass is 10.1. The summed E-state index contributed by atoms with van der Waals surface area (Å²) in [4.78, 5) is 17.6. The van der Waals surface area contributed by atoms with Crippen molar-refractivity contribution < 1.29 is 19.0 Å². The van der Waals surface area contributed by atoms with E-state index in [0.717, 1.165) is 25.1 Å². The van der Waals surface area contributed by atoms with E-state index in [1.54, 1.807) is 25.9 Å². The highest BCUT2D eigenvalue weighted by molar-refractivity contribution is 7.98. The highest BCUT2D eigenvalue weighted by Gasteiger charge is 2.42. The number of guanidine groups is 1. The number of rotatable bonds is 7. The summed E-state index contributed by atoms with van der Waals surface area (Å²) in [5.74, 6) is 1.08. The van der Waals surface area contributed by atoms with Crippen LogP contribution in [0.1, 0.15) is 12.8 Å². The van der Waals surface area contributed by atoms with Crippen molar-refractivity contribution >= 4 is 23.6 Å². The highest BCUT2D eigenvalue weighted by Crippen LogP contribution is 2.32. The van der Waals surface area contributed by atoms with Crippen molar-refractivity contribution in [1.29, 1.82) is 0 Å². The Labute approximate surface area is 154 Å². The van der Waals surface area contributed by atoms with Gasteiger partial charge in [-0.2, -0.15) is 11.8 Å². The van der Waals surface area contributed by atoms with E-state index in [9.17, 15) is 4.79 Å². The van der Waals surface area contributed by atoms with Crippen molar-refractivity contribution in [2.24, 2.45) is 4.99 Å². The molecule has 25 heavy (non-hydrogen) atoms. The second-order valence-electron chi connectivity index (χ2n) is 6.33. The van der Waals surface area contributed by atoms with E-state index in [4.69, 9.17) is 14.2 Å². The number of amides is 1. The Bertz CT molecular complexity index is 455. The molecule has 2 saturated heterocycles. The number of hydrogen-bond acceptors (Lipinski definition) is 6. The summed E-state index contributed by atoms with van der Waals surface area (Å²) in [6.45, 7) is 3.40. The van der Waals surface area contributed by atoms with Gasteiger partial charge >= 0.3 is 0 Å². The van der Waals surface area contributed by atoms with E-state index in [-0.39, 0.29) is 18.6 Å². The van der Waals surface area contributed by atoms with E-state index in [2.05, 4.69) is 21.9 Å². The molecule has 0 bridgehead atoms. The molecule has 0 radical (unpaired) electrons. The number of nitrogens with zero attached hydrogens (tertiary/aromatic N) is 2. The number of thioether (sulfide) groups is 1. The first-order chi connectivity index (χ1) is 12.0. The number of ether oxygens (including phenoxy) is 3. The largest absolute Gasteiger partial charge is 0.381 e. The Hall–Kier alpha value is -1.03. The first kappa shape index (κ1) is 20.3. The van der Waals surface area contributed by atoms with Crippen molar-refractivity contribution in [3.63, 3.8) is 0 Å². The molecule has 1 amide bonds. The Morgan fingerprint density at radius 3 is 2.76 bits per heavy atom. The third-order valence-electron chi connectivity index (χ3n) is 4.14. The van der Waals surface area contributed by atoms with Crippen LogP contribution in [0.15, 0.2) is 4.99 Å². The molecular formula is C16H30N4O4S. The predicted octanol–water partition coefficient (Wildman–Crippen LogP) is -0.105. The molecule has 9 heteroatoms. The van der Waals surface area contributed by atoms with Gasteiger partial charge in [-0.05, 0) is 6.26 Å². The van der Waals surface area contributed by atoms with Gasteiger partial charge in [0.2, 0.25) is 5.91 Å². The molecule has 0 aliphatic carbocycles. The molecule has 1 unspecified atom stereocenters. The Kier molecular flexibility index (Phi) is 8.28. The van der Waals surface area contributed by atoms with E-state index in [1.807, 2.05) is 0 Å². The molecule has 2 N–H and O–H groups in total. The fourth-order valence-corrected chi connectivity index (χ4v) is 2.91. The van der Waals surface area contributed by atoms with Gasteiger partial charge in [-0.3, -0.25) is 4.79 Å². The molecule has 2 aliphatic rings. The van der Waals surface area contributed by atoms with Gasteiger partial charge in [0.25, 0.3) is 0 Å². The SMILES string of the molecule is CSCCNC(=NCC(=O)N(C)C)NCC1COC2(CCOCC2)O1. The van der Waals surface area contributed by atoms with Crippen LogP contribution in [0.2, 0.25) is 0 Å². The average Bonchev–Trinajstić information content (AvgIpc) is 2.99. The van der Waals surface area contributed by atoms with Crippen molar-refractivity contribution in [2.75, 3.05) is 65.6 Å². The molecule has 0 saturated carbocycles. The third kappa shape index (κ3) is 6.65. The molecule has 2 fully saturated rings. The van der Waals surface area contributed by atoms with Gasteiger partial charge in [0.05, 0.1) is 19.8 Å². The van der Waals surface area contributed by atoms with E-state index in [1.165, 1.54) is 4.90 Å². The second-order valence-corrected chi connectivity index (χ2v) is 7.31. The average molecular weight is 375 g/mol. The minimum Gasteiger partial charge on any atom is -0.381 e. The van der Waals surface area contributed by atoms with Gasteiger partial charge in [0.1, 0.15) is 12.6 Å². The highest BCUT2D eigenvalue weighted by atomic mass is 32.2. The topological polar surface area (TPSA) is 84.4 Å². The number of likely N-dealkylation sites (N-methyl/N-ethyl adjacent to an activating group) is 1. The number of nitrogens with one attached hydrogen (secondary N) is 2. The lowest BCUT2D eigenvalue weighted by Crippen LogP contribution is -2.44. The van der Waals surface area contributed by atoms with E-state index >= 15 is 0 Å². The zero-order valence-corrected chi connectivity index (χ0v) is 16.2. The minimum atomic E-state index is -0.477. The Balaban J connectivity index is 1.81. The van der Waals surface area contributed by atoms with Crippen molar-refractivity contribution in [1.82, 2.24) is 15.5 Å². The van der Waals surface area contributed by atoms with Gasteiger partial charge in [-0.25, -0.2) is 4.99 Å². The quantitative estimate of drug-likeness (QED) is 0.366. The molecule has 0 aromatic rings. The molecule has 144 valence electrons. The van der Waals surface area contributed by atoms with Gasteiger partial charge in [0.15, 0.2) is 11.7 Å². The molecule has 2 rings (SSSR count). The number of carbonyl (C=O) groups excluding carboxylic acids is 1. The maximum absolute atomic E-state index is 11.7. The normalized spacial score (nSPS) is 22.8. The number of carbonyl (C=O) groups is 1. The molecule has 2 aliphatic heterocycles. The van der Waals surface area contributed by atoms with Gasteiger partial charge in [-0.1, -0.05) is 0 Å². The van der Waals surface area contributed by atoms with E-state index < -0.39 is 5.79 Å². The van der Waals surface area contributed by atoms with Crippen LogP contribution in [0.4, 0.5) is 0 Å². The smallest absolute Gasteiger partial charge is 0.243 e. The van der Waals surface area contributed by atoms with Crippen LogP contribution >= 0.6 is 11.8 Å². The second kappa shape index (κ2) is 10.2. The Morgan fingerprint density at radius 2 is 2.08 bits per heavy atom. The zero-order valence-electron chi connectivity index (χ0n) is 15.4. The predicted molar refractivity (Wildman–Crippen MR) is 99.0 cm³/mol. The van der Waals surface area contributed by atoms with Crippen LogP contribution in [-0.4, -0.2) is 94.2 Å². The van der Waals surface area contributed by atoms with Crippen LogP contribution in [0.25, 0.3) is 0 Å². The van der Waals surface area contributed by atoms with Gasteiger partial charge < -0.3 is 29.7 Å². The van der Waals surface area contributed by atoms with Crippen LogP contribution in [-0.2, 0) is 19.0 Å². The molecular weight excluding hydrogens is 344 g/mol. The fraction of sp³-hybridized carbons (Fsp3) is 0.875. The van der Waals surface area contributed by atoms with Gasteiger partial charge in [0, 0.05) is 45.8 Å². The summed E-state index contributed by atoms with van der Waals surface area (Å²) >= 11 is 1.75. The first-order valence-electron chi connectivity index (χ1n) is 8.65. The summed E-state index contributed by atoms with van der Waals surface area (Å²) < 4.78 is 17.4. The molecule has 8 nitrogen and oxygen atoms in total. The van der Waals surface area contributed by atoms with Gasteiger partial charge in [-0.15, -0.1) is 0 Å². The first-order valence-corrected chi connectivity index (χ1v) is 10.0. The Morgan fingerprint density at radius 1 is 1.32 bits per heavy atom. The van der Waals surface area contributed by atoms with Crippen molar-refractivity contribution in [2.45, 2.75) is 24.7 Å². The fourth-order valence-electron chi connectivity index (χ4n) is 2.61. The third-order valence-corrected chi connectivity index (χ3v) is 4.75. The van der Waals surface area contributed by atoms with Crippen LogP contribution < -0.4 is 10.6 Å². The zero-order chi connectivity index (χ0) is 18.1. The standard InChI is InChI=1S/C16H30N4O4S/c1-20(2)14(21)11-19-15(17-6-9-25-3)18-10-13-12-23-16(24-13)4-7-22-8-5-16/h13H,4-12H2,1-3H3,(H2,17,18,19). The summed E-state index contributed by atoms with van der Waals surface area (Å²) in [5, 5.41) is 6.50. The minimum absolute atomic E-state index is 0.0322. The molecule has 1 atom stereocenters. The van der Waals surface area contributed by atoms with Crippen molar-refractivity contribution in [3.05, 3.63) is 0 Å². The molecule has 2 heterocycles. The number of aliphatic imine (C=N–C) groups is 1. The summed E-state index contributed by atoms with van der Waals surface area (Å²) in [7, 11) is 3.45. The summed E-state index contributed by atoms with van der Waals surface area (Å²) in [6.07, 6.45) is 3.57. The maximum Gasteiger partial charge on any atom is 0.243 e. The van der Waals surface area contributed by atoms with Crippen LogP contribution in [0.5, 0.6) is 0 Å². The monoisotopic (exact) mass is 374 g/mol. The molecule has 0 aromatic heterocycles. The molecule has 0 aromatic carbocycles. The van der Waals surface area contributed by atoms with Crippen LogP contribution in [0, 0.1) is 0 Å². The van der Waals surface area contributed by atoms with Crippen LogP contribution in [0.3, 0.4) is 0 Å². The number of hydrogen-bond donors (Lipinski definition) is 2. The van der Waals surface area contributed by atoms with E-state index in [0.29, 0.717) is 32.3 Å². The lowest BCUT2D eigenvalue weighted by Gasteiger charge is -2.31. The molecule has 1 spiro atoms. The maximum atomic E-state index is 11.7. The summed E-state index contributed by atoms with van der Waals surface area (Å²) in [5.41, 5.74) is 0. The lowest BCUT2D eigenvalue weighted by molar-refractivity contribution is -0.210. The summed E-state index contributed by atoms with van der Waals surface area (Å²) in [6, 6.07) is 0.